The number of nitrogens with zero attached hydrogens (tertiary/aromatic N) is 3. The van der Waals surface area contributed by atoms with Crippen molar-refractivity contribution in [2.24, 2.45) is 0 Å². The van der Waals surface area contributed by atoms with Gasteiger partial charge < -0.3 is 4.90 Å². The minimum Gasteiger partial charge on any atom is -0.333 e. The predicted molar refractivity (Wildman–Crippen MR) is 77.8 cm³/mol. The molecule has 0 saturated carbocycles. The Labute approximate surface area is 118 Å². The van der Waals surface area contributed by atoms with Crippen LogP contribution in [0.3, 0.4) is 0 Å². The van der Waals surface area contributed by atoms with Crippen LogP contribution in [-0.4, -0.2) is 27.3 Å². The van der Waals surface area contributed by atoms with Crippen molar-refractivity contribution in [2.45, 2.75) is 13.0 Å². The summed E-state index contributed by atoms with van der Waals surface area (Å²) in [6, 6.07) is 9.42. The predicted octanol–water partition coefficient (Wildman–Crippen LogP) is 2.23. The molecule has 0 fully saturated rings. The van der Waals surface area contributed by atoms with E-state index in [0.717, 1.165) is 11.3 Å². The van der Waals surface area contributed by atoms with Crippen molar-refractivity contribution in [2.75, 3.05) is 6.54 Å². The van der Waals surface area contributed by atoms with Crippen molar-refractivity contribution >= 4 is 5.91 Å². The number of pyridine rings is 2. The van der Waals surface area contributed by atoms with Crippen molar-refractivity contribution in [3.8, 4) is 0 Å². The van der Waals surface area contributed by atoms with Crippen LogP contribution in [0.25, 0.3) is 0 Å². The van der Waals surface area contributed by atoms with Gasteiger partial charge in [0.05, 0.1) is 18.7 Å². The summed E-state index contributed by atoms with van der Waals surface area (Å²) >= 11 is 0. The molecule has 0 aromatic carbocycles. The topological polar surface area (TPSA) is 46.1 Å². The normalized spacial score (nSPS) is 10.0. The highest BCUT2D eigenvalue weighted by Gasteiger charge is 2.13. The summed E-state index contributed by atoms with van der Waals surface area (Å²) in [6.07, 6.45) is 7.21. The van der Waals surface area contributed by atoms with E-state index in [1.165, 1.54) is 0 Å². The molecule has 0 aliphatic carbocycles. The summed E-state index contributed by atoms with van der Waals surface area (Å²) in [5, 5.41) is 0. The van der Waals surface area contributed by atoms with Crippen LogP contribution in [0, 0.1) is 0 Å². The Morgan fingerprint density at radius 2 is 2.15 bits per heavy atom. The SMILES string of the molecule is C=CCN(Cc1ccccn1)C(=O)Cc1cccnc1. The minimum absolute atomic E-state index is 0.0450. The number of amides is 1. The lowest BCUT2D eigenvalue weighted by atomic mass is 10.2. The third kappa shape index (κ3) is 4.02. The molecule has 0 bridgehead atoms. The first kappa shape index (κ1) is 13.9. The number of hydrogen-bond acceptors (Lipinski definition) is 3. The standard InChI is InChI=1S/C16H17N3O/c1-2-10-19(13-15-7-3-4-9-18-15)16(20)11-14-6-5-8-17-12-14/h2-9,12H,1,10-11,13H2. The van der Waals surface area contributed by atoms with E-state index in [0.29, 0.717) is 19.5 Å². The van der Waals surface area contributed by atoms with E-state index in [1.54, 1.807) is 29.6 Å². The van der Waals surface area contributed by atoms with Crippen molar-refractivity contribution in [1.29, 1.82) is 0 Å². The zero-order chi connectivity index (χ0) is 14.2. The Morgan fingerprint density at radius 1 is 1.25 bits per heavy atom. The van der Waals surface area contributed by atoms with Crippen molar-refractivity contribution in [3.63, 3.8) is 0 Å². The zero-order valence-corrected chi connectivity index (χ0v) is 11.3. The molecule has 2 heterocycles. The van der Waals surface area contributed by atoms with Gasteiger partial charge in [-0.15, -0.1) is 6.58 Å². The molecule has 0 radical (unpaired) electrons. The van der Waals surface area contributed by atoms with E-state index in [4.69, 9.17) is 0 Å². The molecule has 0 atom stereocenters. The molecular formula is C16H17N3O. The van der Waals surface area contributed by atoms with Crippen molar-refractivity contribution in [1.82, 2.24) is 14.9 Å². The summed E-state index contributed by atoms with van der Waals surface area (Å²) < 4.78 is 0. The summed E-state index contributed by atoms with van der Waals surface area (Å²) in [7, 11) is 0. The van der Waals surface area contributed by atoms with Gasteiger partial charge in [0.2, 0.25) is 5.91 Å². The van der Waals surface area contributed by atoms with E-state index >= 15 is 0 Å². The minimum atomic E-state index is 0.0450. The quantitative estimate of drug-likeness (QED) is 0.754. The van der Waals surface area contributed by atoms with Crippen LogP contribution < -0.4 is 0 Å². The summed E-state index contributed by atoms with van der Waals surface area (Å²) in [5.74, 6) is 0.0450. The number of hydrogen-bond donors (Lipinski definition) is 0. The maximum atomic E-state index is 12.3. The van der Waals surface area contributed by atoms with Gasteiger partial charge in [-0.05, 0) is 23.8 Å². The molecule has 2 rings (SSSR count). The molecule has 2 aromatic heterocycles. The summed E-state index contributed by atoms with van der Waals surface area (Å²) in [4.78, 5) is 22.3. The summed E-state index contributed by atoms with van der Waals surface area (Å²) in [5.41, 5.74) is 1.78. The van der Waals surface area contributed by atoms with E-state index in [1.807, 2.05) is 30.3 Å². The first-order valence-electron chi connectivity index (χ1n) is 6.47. The lowest BCUT2D eigenvalue weighted by molar-refractivity contribution is -0.130. The maximum absolute atomic E-state index is 12.3. The second-order valence-electron chi connectivity index (χ2n) is 4.42. The molecular weight excluding hydrogens is 250 g/mol. The van der Waals surface area contributed by atoms with Crippen molar-refractivity contribution < 1.29 is 4.79 Å². The van der Waals surface area contributed by atoms with Crippen molar-refractivity contribution in [3.05, 3.63) is 72.8 Å². The molecule has 0 aliphatic heterocycles. The van der Waals surface area contributed by atoms with Crippen LogP contribution in [0.15, 0.2) is 61.6 Å². The third-order valence-electron chi connectivity index (χ3n) is 2.86. The Bertz CT molecular complexity index is 554. The molecule has 0 aliphatic rings. The number of aromatic nitrogens is 2. The molecule has 0 spiro atoms. The van der Waals surface area contributed by atoms with Gasteiger partial charge in [0.25, 0.3) is 0 Å². The van der Waals surface area contributed by atoms with E-state index in [9.17, 15) is 4.79 Å². The fourth-order valence-electron chi connectivity index (χ4n) is 1.89. The highest BCUT2D eigenvalue weighted by Crippen LogP contribution is 2.06. The molecule has 102 valence electrons. The molecule has 0 saturated heterocycles. The van der Waals surface area contributed by atoms with Gasteiger partial charge in [-0.2, -0.15) is 0 Å². The van der Waals surface area contributed by atoms with Gasteiger partial charge in [0.1, 0.15) is 0 Å². The van der Waals surface area contributed by atoms with Crippen LogP contribution in [0.2, 0.25) is 0 Å². The first-order valence-corrected chi connectivity index (χ1v) is 6.47. The Morgan fingerprint density at radius 3 is 2.80 bits per heavy atom. The average Bonchev–Trinajstić information content (AvgIpc) is 2.49. The fourth-order valence-corrected chi connectivity index (χ4v) is 1.89. The molecule has 0 unspecified atom stereocenters. The van der Waals surface area contributed by atoms with Crippen LogP contribution in [0.4, 0.5) is 0 Å². The monoisotopic (exact) mass is 267 g/mol. The second-order valence-corrected chi connectivity index (χ2v) is 4.42. The smallest absolute Gasteiger partial charge is 0.227 e. The number of rotatable bonds is 6. The Hall–Kier alpha value is -2.49. The van der Waals surface area contributed by atoms with Crippen LogP contribution in [0.5, 0.6) is 0 Å². The maximum Gasteiger partial charge on any atom is 0.227 e. The van der Waals surface area contributed by atoms with E-state index in [2.05, 4.69) is 16.5 Å². The van der Waals surface area contributed by atoms with Gasteiger partial charge in [-0.1, -0.05) is 18.2 Å². The Balaban J connectivity index is 2.04. The van der Waals surface area contributed by atoms with Crippen LogP contribution >= 0.6 is 0 Å². The van der Waals surface area contributed by atoms with Crippen LogP contribution in [0.1, 0.15) is 11.3 Å². The highest BCUT2D eigenvalue weighted by atomic mass is 16.2. The number of carbonyl (C=O) groups is 1. The summed E-state index contributed by atoms with van der Waals surface area (Å²) in [6.45, 7) is 4.71. The average molecular weight is 267 g/mol. The fraction of sp³-hybridized carbons (Fsp3) is 0.188. The molecule has 4 heteroatoms. The number of carbonyl (C=O) groups excluding carboxylic acids is 1. The van der Waals surface area contributed by atoms with Gasteiger partial charge in [-0.3, -0.25) is 14.8 Å². The van der Waals surface area contributed by atoms with Gasteiger partial charge >= 0.3 is 0 Å². The molecule has 1 amide bonds. The molecule has 20 heavy (non-hydrogen) atoms. The largest absolute Gasteiger partial charge is 0.333 e. The first-order chi connectivity index (χ1) is 9.79. The van der Waals surface area contributed by atoms with Gasteiger partial charge in [0.15, 0.2) is 0 Å². The molecule has 2 aromatic rings. The molecule has 4 nitrogen and oxygen atoms in total. The lowest BCUT2D eigenvalue weighted by Crippen LogP contribution is -2.32. The Kier molecular flexibility index (Phi) is 5.00. The van der Waals surface area contributed by atoms with Crippen LogP contribution in [-0.2, 0) is 17.8 Å². The lowest BCUT2D eigenvalue weighted by Gasteiger charge is -2.20. The third-order valence-corrected chi connectivity index (χ3v) is 2.86. The molecule has 0 N–H and O–H groups in total. The van der Waals surface area contributed by atoms with Gasteiger partial charge in [-0.25, -0.2) is 0 Å². The van der Waals surface area contributed by atoms with E-state index < -0.39 is 0 Å². The highest BCUT2D eigenvalue weighted by molar-refractivity contribution is 5.78. The van der Waals surface area contributed by atoms with E-state index in [-0.39, 0.29) is 5.91 Å². The second kappa shape index (κ2) is 7.19. The zero-order valence-electron chi connectivity index (χ0n) is 11.3. The van der Waals surface area contributed by atoms with Gasteiger partial charge in [0, 0.05) is 25.1 Å².